The van der Waals surface area contributed by atoms with E-state index in [0.717, 1.165) is 12.1 Å². The molecule has 1 rings (SSSR count). The van der Waals surface area contributed by atoms with Gasteiger partial charge < -0.3 is 4.74 Å². The fraction of sp³-hybridized carbons (Fsp3) is 0.273. The van der Waals surface area contributed by atoms with Crippen LogP contribution in [-0.4, -0.2) is 19.4 Å². The van der Waals surface area contributed by atoms with Gasteiger partial charge in [0.05, 0.1) is 12.7 Å². The lowest BCUT2D eigenvalue weighted by Gasteiger charge is -2.03. The maximum atomic E-state index is 13.1. The number of benzene rings is 1. The molecule has 1 aromatic rings. The Hall–Kier alpha value is -1.78. The van der Waals surface area contributed by atoms with E-state index in [1.54, 1.807) is 0 Å². The summed E-state index contributed by atoms with van der Waals surface area (Å²) in [7, 11) is 1.24. The van der Waals surface area contributed by atoms with E-state index >= 15 is 0 Å². The highest BCUT2D eigenvalue weighted by atomic mass is 19.1. The molecule has 0 aliphatic rings. The molecule has 0 bridgehead atoms. The molecule has 5 heteroatoms. The highest BCUT2D eigenvalue weighted by Crippen LogP contribution is 2.15. The summed E-state index contributed by atoms with van der Waals surface area (Å²) in [5.41, 5.74) is -0.284. The Balaban J connectivity index is 2.83. The summed E-state index contributed by atoms with van der Waals surface area (Å²) in [5.74, 6) is -2.30. The SMILES string of the molecule is COC(=O)CCc1cc(F)c(C=O)c(F)c1. The van der Waals surface area contributed by atoms with Crippen LogP contribution in [-0.2, 0) is 16.0 Å². The highest BCUT2D eigenvalue weighted by molar-refractivity contribution is 5.75. The summed E-state index contributed by atoms with van der Waals surface area (Å²) in [6, 6.07) is 2.07. The Morgan fingerprint density at radius 1 is 1.38 bits per heavy atom. The fourth-order valence-electron chi connectivity index (χ4n) is 1.24. The molecular formula is C11H10F2O3. The third-order valence-electron chi connectivity index (χ3n) is 2.10. The van der Waals surface area contributed by atoms with E-state index in [2.05, 4.69) is 4.74 Å². The summed E-state index contributed by atoms with van der Waals surface area (Å²) < 4.78 is 30.7. The summed E-state index contributed by atoms with van der Waals surface area (Å²) in [6.45, 7) is 0. The van der Waals surface area contributed by atoms with Gasteiger partial charge in [0, 0.05) is 6.42 Å². The van der Waals surface area contributed by atoms with Crippen molar-refractivity contribution in [3.8, 4) is 0 Å². The molecule has 0 radical (unpaired) electrons. The number of hydrogen-bond donors (Lipinski definition) is 0. The third-order valence-corrected chi connectivity index (χ3v) is 2.10. The molecule has 0 amide bonds. The van der Waals surface area contributed by atoms with E-state index in [9.17, 15) is 18.4 Å². The first-order chi connectivity index (χ1) is 7.58. The first-order valence-electron chi connectivity index (χ1n) is 4.58. The summed E-state index contributed by atoms with van der Waals surface area (Å²) in [6.07, 6.45) is 0.324. The van der Waals surface area contributed by atoms with Crippen LogP contribution in [0.15, 0.2) is 12.1 Å². The van der Waals surface area contributed by atoms with Gasteiger partial charge in [0.25, 0.3) is 0 Å². The van der Waals surface area contributed by atoms with Crippen LogP contribution in [0.4, 0.5) is 8.78 Å². The van der Waals surface area contributed by atoms with Gasteiger partial charge in [0.15, 0.2) is 6.29 Å². The number of hydrogen-bond acceptors (Lipinski definition) is 3. The van der Waals surface area contributed by atoms with Gasteiger partial charge in [-0.3, -0.25) is 9.59 Å². The number of methoxy groups -OCH3 is 1. The molecule has 0 heterocycles. The number of carbonyl (C=O) groups excluding carboxylic acids is 2. The van der Waals surface area contributed by atoms with E-state index in [0.29, 0.717) is 5.56 Å². The molecule has 1 aromatic carbocycles. The molecular weight excluding hydrogens is 218 g/mol. The predicted molar refractivity (Wildman–Crippen MR) is 52.1 cm³/mol. The van der Waals surface area contributed by atoms with E-state index in [4.69, 9.17) is 0 Å². The molecule has 0 saturated carbocycles. The predicted octanol–water partition coefficient (Wildman–Crippen LogP) is 1.88. The van der Waals surface area contributed by atoms with Gasteiger partial charge in [0.2, 0.25) is 0 Å². The normalized spacial score (nSPS) is 9.94. The van der Waals surface area contributed by atoms with Crippen molar-refractivity contribution in [1.82, 2.24) is 0 Å². The average Bonchev–Trinajstić information content (AvgIpc) is 2.25. The second kappa shape index (κ2) is 5.34. The fourth-order valence-corrected chi connectivity index (χ4v) is 1.24. The van der Waals surface area contributed by atoms with Crippen molar-refractivity contribution < 1.29 is 23.1 Å². The molecule has 0 aliphatic heterocycles. The van der Waals surface area contributed by atoms with Crippen molar-refractivity contribution in [3.05, 3.63) is 34.9 Å². The van der Waals surface area contributed by atoms with Gasteiger partial charge in [-0.2, -0.15) is 0 Å². The number of ether oxygens (including phenoxy) is 1. The van der Waals surface area contributed by atoms with Crippen molar-refractivity contribution in [2.24, 2.45) is 0 Å². The topological polar surface area (TPSA) is 43.4 Å². The lowest BCUT2D eigenvalue weighted by atomic mass is 10.1. The first kappa shape index (κ1) is 12.3. The number of aldehydes is 1. The largest absolute Gasteiger partial charge is 0.469 e. The number of aryl methyl sites for hydroxylation is 1. The average molecular weight is 228 g/mol. The van der Waals surface area contributed by atoms with Crippen LogP contribution in [0.3, 0.4) is 0 Å². The maximum absolute atomic E-state index is 13.1. The van der Waals surface area contributed by atoms with E-state index < -0.39 is 23.2 Å². The molecule has 0 N–H and O–H groups in total. The molecule has 86 valence electrons. The minimum atomic E-state index is -0.921. The van der Waals surface area contributed by atoms with Gasteiger partial charge in [0.1, 0.15) is 11.6 Å². The van der Waals surface area contributed by atoms with Gasteiger partial charge in [-0.25, -0.2) is 8.78 Å². The second-order valence-corrected chi connectivity index (χ2v) is 3.17. The summed E-state index contributed by atoms with van der Waals surface area (Å²) >= 11 is 0. The van der Waals surface area contributed by atoms with Crippen LogP contribution >= 0.6 is 0 Å². The Morgan fingerprint density at radius 3 is 2.38 bits per heavy atom. The lowest BCUT2D eigenvalue weighted by molar-refractivity contribution is -0.140. The zero-order valence-electron chi connectivity index (χ0n) is 8.63. The molecule has 0 unspecified atom stereocenters. The minimum Gasteiger partial charge on any atom is -0.469 e. The van der Waals surface area contributed by atoms with Crippen LogP contribution < -0.4 is 0 Å². The van der Waals surface area contributed by atoms with Crippen LogP contribution in [0.2, 0.25) is 0 Å². The second-order valence-electron chi connectivity index (χ2n) is 3.17. The quantitative estimate of drug-likeness (QED) is 0.583. The number of halogens is 2. The molecule has 3 nitrogen and oxygen atoms in total. The van der Waals surface area contributed by atoms with Crippen LogP contribution in [0.1, 0.15) is 22.3 Å². The molecule has 0 saturated heterocycles. The Bertz CT molecular complexity index is 393. The van der Waals surface area contributed by atoms with Crippen molar-refractivity contribution in [2.45, 2.75) is 12.8 Å². The Labute approximate surface area is 91.0 Å². The molecule has 0 fully saturated rings. The van der Waals surface area contributed by atoms with E-state index in [-0.39, 0.29) is 19.1 Å². The van der Waals surface area contributed by atoms with Crippen molar-refractivity contribution in [3.63, 3.8) is 0 Å². The van der Waals surface area contributed by atoms with E-state index in [1.807, 2.05) is 0 Å². The standard InChI is InChI=1S/C11H10F2O3/c1-16-11(15)3-2-7-4-9(12)8(6-14)10(13)5-7/h4-6H,2-3H2,1H3. The van der Waals surface area contributed by atoms with Crippen molar-refractivity contribution >= 4 is 12.3 Å². The molecule has 0 atom stereocenters. The zero-order valence-corrected chi connectivity index (χ0v) is 8.63. The number of carbonyl (C=O) groups is 2. The maximum Gasteiger partial charge on any atom is 0.305 e. The lowest BCUT2D eigenvalue weighted by Crippen LogP contribution is -2.03. The van der Waals surface area contributed by atoms with Gasteiger partial charge >= 0.3 is 5.97 Å². The summed E-state index contributed by atoms with van der Waals surface area (Å²) in [5, 5.41) is 0. The Kier molecular flexibility index (Phi) is 4.10. The monoisotopic (exact) mass is 228 g/mol. The number of esters is 1. The van der Waals surface area contributed by atoms with E-state index in [1.165, 1.54) is 7.11 Å². The molecule has 0 spiro atoms. The van der Waals surface area contributed by atoms with Gasteiger partial charge in [-0.15, -0.1) is 0 Å². The van der Waals surface area contributed by atoms with Gasteiger partial charge in [-0.1, -0.05) is 0 Å². The zero-order chi connectivity index (χ0) is 12.1. The highest BCUT2D eigenvalue weighted by Gasteiger charge is 2.11. The van der Waals surface area contributed by atoms with Crippen LogP contribution in [0, 0.1) is 11.6 Å². The van der Waals surface area contributed by atoms with Crippen molar-refractivity contribution in [2.75, 3.05) is 7.11 Å². The van der Waals surface area contributed by atoms with Crippen LogP contribution in [0.5, 0.6) is 0 Å². The molecule has 0 aliphatic carbocycles. The Morgan fingerprint density at radius 2 is 1.94 bits per heavy atom. The van der Waals surface area contributed by atoms with Crippen molar-refractivity contribution in [1.29, 1.82) is 0 Å². The third kappa shape index (κ3) is 2.85. The van der Waals surface area contributed by atoms with Gasteiger partial charge in [-0.05, 0) is 24.1 Å². The number of rotatable bonds is 4. The summed E-state index contributed by atoms with van der Waals surface area (Å²) in [4.78, 5) is 21.1. The smallest absolute Gasteiger partial charge is 0.305 e. The molecule has 0 aromatic heterocycles. The minimum absolute atomic E-state index is 0.0375. The van der Waals surface area contributed by atoms with Crippen LogP contribution in [0.25, 0.3) is 0 Å². The first-order valence-corrected chi connectivity index (χ1v) is 4.58. The molecule has 16 heavy (non-hydrogen) atoms.